The molecule has 0 aromatic heterocycles. The van der Waals surface area contributed by atoms with Gasteiger partial charge in [-0.2, -0.15) is 0 Å². The smallest absolute Gasteiger partial charge is 0.339 e. The molecule has 2 atom stereocenters. The lowest BCUT2D eigenvalue weighted by Crippen LogP contribution is -2.09. The van der Waals surface area contributed by atoms with Crippen LogP contribution in [0.4, 0.5) is 0 Å². The highest BCUT2D eigenvalue weighted by Gasteiger charge is 2.23. The third-order valence-electron chi connectivity index (χ3n) is 5.14. The van der Waals surface area contributed by atoms with E-state index >= 15 is 0 Å². The van der Waals surface area contributed by atoms with Gasteiger partial charge in [0.05, 0.1) is 7.11 Å². The van der Waals surface area contributed by atoms with E-state index in [4.69, 9.17) is 4.74 Å². The van der Waals surface area contributed by atoms with Crippen LogP contribution in [0.1, 0.15) is 58.3 Å². The molecule has 2 unspecified atom stereocenters. The van der Waals surface area contributed by atoms with Crippen molar-refractivity contribution in [2.75, 3.05) is 7.11 Å². The molecule has 0 saturated carbocycles. The first kappa shape index (κ1) is 18.7. The monoisotopic (exact) mass is 360 g/mol. The van der Waals surface area contributed by atoms with E-state index in [1.165, 1.54) is 7.11 Å². The van der Waals surface area contributed by atoms with E-state index in [0.29, 0.717) is 5.75 Å². The molecule has 27 heavy (non-hydrogen) atoms. The Balaban J connectivity index is 2.16. The van der Waals surface area contributed by atoms with Crippen molar-refractivity contribution >= 4 is 5.97 Å². The summed E-state index contributed by atoms with van der Waals surface area (Å²) < 4.78 is 5.54. The first-order chi connectivity index (χ1) is 13.0. The van der Waals surface area contributed by atoms with E-state index in [-0.39, 0.29) is 17.4 Å². The van der Waals surface area contributed by atoms with Gasteiger partial charge in [-0.1, -0.05) is 80.6 Å². The van der Waals surface area contributed by atoms with Crippen LogP contribution in [0.15, 0.2) is 72.8 Å². The number of carboxylic acids is 1. The predicted octanol–water partition coefficient (Wildman–Crippen LogP) is 5.70. The molecule has 0 amide bonds. The highest BCUT2D eigenvalue weighted by atomic mass is 16.5. The Morgan fingerprint density at radius 1 is 0.815 bits per heavy atom. The van der Waals surface area contributed by atoms with Crippen LogP contribution in [0, 0.1) is 0 Å². The Kier molecular flexibility index (Phi) is 5.60. The number of carbonyl (C=O) groups is 1. The number of rotatable bonds is 6. The van der Waals surface area contributed by atoms with Gasteiger partial charge in [0.2, 0.25) is 0 Å². The van der Waals surface area contributed by atoms with Crippen LogP contribution in [0.5, 0.6) is 5.75 Å². The molecule has 3 aromatic rings. The van der Waals surface area contributed by atoms with Crippen molar-refractivity contribution in [2.45, 2.75) is 25.7 Å². The molecular weight excluding hydrogens is 336 g/mol. The summed E-state index contributed by atoms with van der Waals surface area (Å²) in [5.41, 5.74) is 4.34. The number of benzene rings is 3. The number of hydrogen-bond acceptors (Lipinski definition) is 2. The van der Waals surface area contributed by atoms with E-state index in [9.17, 15) is 9.90 Å². The van der Waals surface area contributed by atoms with Gasteiger partial charge in [0, 0.05) is 17.4 Å². The minimum atomic E-state index is -0.976. The second kappa shape index (κ2) is 8.09. The van der Waals surface area contributed by atoms with Gasteiger partial charge in [0.25, 0.3) is 0 Å². The summed E-state index contributed by atoms with van der Waals surface area (Å²) in [5, 5.41) is 9.77. The number of aromatic carboxylic acids is 1. The zero-order valence-electron chi connectivity index (χ0n) is 15.8. The second-order valence-corrected chi connectivity index (χ2v) is 6.76. The maximum absolute atomic E-state index is 11.9. The van der Waals surface area contributed by atoms with Crippen LogP contribution >= 0.6 is 0 Å². The summed E-state index contributed by atoms with van der Waals surface area (Å²) in [6.07, 6.45) is 0. The molecule has 138 valence electrons. The SMILES string of the molecule is COc1c(C(=O)O)cc(C(C)c2ccccc2)cc1C(C)c1ccccc1. The lowest BCUT2D eigenvalue weighted by Gasteiger charge is -2.22. The average molecular weight is 360 g/mol. The minimum absolute atomic E-state index is 0.0159. The Hall–Kier alpha value is -3.07. The number of hydrogen-bond donors (Lipinski definition) is 1. The van der Waals surface area contributed by atoms with E-state index in [2.05, 4.69) is 44.2 Å². The molecule has 3 rings (SSSR count). The number of ether oxygens (including phenoxy) is 1. The van der Waals surface area contributed by atoms with Crippen LogP contribution in [0.2, 0.25) is 0 Å². The average Bonchev–Trinajstić information content (AvgIpc) is 2.72. The molecule has 3 nitrogen and oxygen atoms in total. The van der Waals surface area contributed by atoms with Crippen molar-refractivity contribution in [2.24, 2.45) is 0 Å². The molecule has 0 radical (unpaired) electrons. The molecule has 0 aliphatic heterocycles. The zero-order chi connectivity index (χ0) is 19.4. The third-order valence-corrected chi connectivity index (χ3v) is 5.14. The summed E-state index contributed by atoms with van der Waals surface area (Å²) in [7, 11) is 1.53. The standard InChI is InChI=1S/C24H24O3/c1-16(18-10-6-4-7-11-18)20-14-21(17(2)19-12-8-5-9-13-19)23(27-3)22(15-20)24(25)26/h4-17H,1-3H3,(H,25,26). The Morgan fingerprint density at radius 2 is 1.33 bits per heavy atom. The fourth-order valence-corrected chi connectivity index (χ4v) is 3.49. The predicted molar refractivity (Wildman–Crippen MR) is 108 cm³/mol. The van der Waals surface area contributed by atoms with Gasteiger partial charge < -0.3 is 9.84 Å². The van der Waals surface area contributed by atoms with Crippen molar-refractivity contribution in [1.82, 2.24) is 0 Å². The van der Waals surface area contributed by atoms with Gasteiger partial charge in [-0.3, -0.25) is 0 Å². The third kappa shape index (κ3) is 3.87. The maximum atomic E-state index is 11.9. The van der Waals surface area contributed by atoms with E-state index in [1.54, 1.807) is 6.07 Å². The largest absolute Gasteiger partial charge is 0.496 e. The van der Waals surface area contributed by atoms with Gasteiger partial charge in [-0.05, 0) is 22.8 Å². The summed E-state index contributed by atoms with van der Waals surface area (Å²) in [6, 6.07) is 24.0. The quantitative estimate of drug-likeness (QED) is 0.613. The molecular formula is C24H24O3. The second-order valence-electron chi connectivity index (χ2n) is 6.76. The lowest BCUT2D eigenvalue weighted by molar-refractivity contribution is 0.0693. The van der Waals surface area contributed by atoms with Crippen molar-refractivity contribution in [3.8, 4) is 5.75 Å². The topological polar surface area (TPSA) is 46.5 Å². The molecule has 0 spiro atoms. The molecule has 3 heteroatoms. The van der Waals surface area contributed by atoms with Crippen LogP contribution in [0.25, 0.3) is 0 Å². The van der Waals surface area contributed by atoms with Gasteiger partial charge in [-0.25, -0.2) is 4.79 Å². The molecule has 3 aromatic carbocycles. The number of carboxylic acid groups (broad SMARTS) is 1. The molecule has 0 heterocycles. The molecule has 0 aliphatic carbocycles. The van der Waals surface area contributed by atoms with E-state index in [1.807, 2.05) is 36.4 Å². The van der Waals surface area contributed by atoms with Crippen LogP contribution < -0.4 is 4.74 Å². The van der Waals surface area contributed by atoms with Gasteiger partial charge in [-0.15, -0.1) is 0 Å². The lowest BCUT2D eigenvalue weighted by atomic mass is 9.85. The van der Waals surface area contributed by atoms with Crippen molar-refractivity contribution in [3.63, 3.8) is 0 Å². The van der Waals surface area contributed by atoms with Gasteiger partial charge in [0.1, 0.15) is 11.3 Å². The zero-order valence-corrected chi connectivity index (χ0v) is 15.8. The van der Waals surface area contributed by atoms with Crippen molar-refractivity contribution in [3.05, 3.63) is 101 Å². The van der Waals surface area contributed by atoms with Crippen LogP contribution in [-0.2, 0) is 0 Å². The first-order valence-corrected chi connectivity index (χ1v) is 9.08. The van der Waals surface area contributed by atoms with Crippen LogP contribution in [0.3, 0.4) is 0 Å². The molecule has 0 aliphatic rings. The highest BCUT2D eigenvalue weighted by molar-refractivity contribution is 5.92. The van der Waals surface area contributed by atoms with E-state index in [0.717, 1.165) is 22.3 Å². The summed E-state index contributed by atoms with van der Waals surface area (Å²) in [5.74, 6) is -0.447. The fourth-order valence-electron chi connectivity index (χ4n) is 3.49. The summed E-state index contributed by atoms with van der Waals surface area (Å²) in [6.45, 7) is 4.18. The van der Waals surface area contributed by atoms with E-state index < -0.39 is 5.97 Å². The maximum Gasteiger partial charge on any atom is 0.339 e. The molecule has 0 fully saturated rings. The van der Waals surface area contributed by atoms with Gasteiger partial charge in [0.15, 0.2) is 0 Å². The molecule has 0 bridgehead atoms. The van der Waals surface area contributed by atoms with Crippen LogP contribution in [-0.4, -0.2) is 18.2 Å². The van der Waals surface area contributed by atoms with Gasteiger partial charge >= 0.3 is 5.97 Å². The first-order valence-electron chi connectivity index (χ1n) is 9.08. The molecule has 0 saturated heterocycles. The Morgan fingerprint density at radius 3 is 1.81 bits per heavy atom. The number of methoxy groups -OCH3 is 1. The Labute approximate surface area is 160 Å². The molecule has 1 N–H and O–H groups in total. The van der Waals surface area contributed by atoms with Crippen molar-refractivity contribution in [1.29, 1.82) is 0 Å². The van der Waals surface area contributed by atoms with Crippen molar-refractivity contribution < 1.29 is 14.6 Å². The Bertz CT molecular complexity index is 917. The summed E-state index contributed by atoms with van der Waals surface area (Å²) >= 11 is 0. The highest BCUT2D eigenvalue weighted by Crippen LogP contribution is 2.38. The minimum Gasteiger partial charge on any atom is -0.496 e. The normalized spacial score (nSPS) is 13.0. The summed E-state index contributed by atoms with van der Waals surface area (Å²) in [4.78, 5) is 11.9. The fraction of sp³-hybridized carbons (Fsp3) is 0.208.